The van der Waals surface area contributed by atoms with Crippen LogP contribution in [0.25, 0.3) is 11.3 Å². The number of ether oxygens (including phenoxy) is 1. The minimum absolute atomic E-state index is 0.220. The van der Waals surface area contributed by atoms with Crippen molar-refractivity contribution in [1.29, 1.82) is 0 Å². The van der Waals surface area contributed by atoms with Crippen LogP contribution in [-0.4, -0.2) is 19.9 Å². The zero-order valence-corrected chi connectivity index (χ0v) is 15.6. The van der Waals surface area contributed by atoms with Gasteiger partial charge in [-0.2, -0.15) is 0 Å². The third-order valence-corrected chi connectivity index (χ3v) is 4.20. The highest BCUT2D eigenvalue weighted by atomic mass is 16.5. The van der Waals surface area contributed by atoms with Crippen molar-refractivity contribution < 1.29 is 4.74 Å². The molecule has 3 heterocycles. The van der Waals surface area contributed by atoms with Gasteiger partial charge in [-0.1, -0.05) is 18.2 Å². The van der Waals surface area contributed by atoms with E-state index in [2.05, 4.69) is 25.3 Å². The number of hydrogen-bond donors (Lipinski definition) is 2. The second-order valence-electron chi connectivity index (χ2n) is 6.37. The van der Waals surface area contributed by atoms with Crippen LogP contribution in [0.15, 0.2) is 84.2 Å². The second-order valence-corrected chi connectivity index (χ2v) is 6.37. The number of benzene rings is 1. The lowest BCUT2D eigenvalue weighted by atomic mass is 10.2. The lowest BCUT2D eigenvalue weighted by molar-refractivity contribution is 0.305. The molecule has 0 saturated carbocycles. The molecule has 4 rings (SSSR count). The van der Waals surface area contributed by atoms with Crippen molar-refractivity contribution in [2.24, 2.45) is 0 Å². The van der Waals surface area contributed by atoms with E-state index in [4.69, 9.17) is 4.74 Å². The molecule has 4 aromatic rings. The fourth-order valence-corrected chi connectivity index (χ4v) is 2.79. The van der Waals surface area contributed by atoms with Gasteiger partial charge in [0.15, 0.2) is 0 Å². The number of nitrogens with one attached hydrogen (secondary N) is 2. The molecule has 0 fully saturated rings. The molecule has 0 aliphatic heterocycles. The smallest absolute Gasteiger partial charge is 0.252 e. The first kappa shape index (κ1) is 18.4. The first-order valence-corrected chi connectivity index (χ1v) is 9.12. The SMILES string of the molecule is O=c1cc(-c2ccncc2)nc(NCc2cccc(OCc3cccnc3)c2)[nH]1. The van der Waals surface area contributed by atoms with Gasteiger partial charge in [0.2, 0.25) is 5.95 Å². The molecule has 3 aromatic heterocycles. The Morgan fingerprint density at radius 1 is 0.931 bits per heavy atom. The molecule has 144 valence electrons. The minimum atomic E-state index is -0.220. The van der Waals surface area contributed by atoms with E-state index in [9.17, 15) is 4.79 Å². The van der Waals surface area contributed by atoms with Crippen LogP contribution in [0, 0.1) is 0 Å². The monoisotopic (exact) mass is 385 g/mol. The Balaban J connectivity index is 1.43. The van der Waals surface area contributed by atoms with E-state index in [1.54, 1.807) is 24.8 Å². The van der Waals surface area contributed by atoms with Gasteiger partial charge in [-0.05, 0) is 35.9 Å². The van der Waals surface area contributed by atoms with Crippen molar-refractivity contribution >= 4 is 5.95 Å². The number of pyridine rings is 2. The van der Waals surface area contributed by atoms with Gasteiger partial charge in [-0.15, -0.1) is 0 Å². The summed E-state index contributed by atoms with van der Waals surface area (Å²) in [4.78, 5) is 27.3. The maximum Gasteiger partial charge on any atom is 0.252 e. The normalized spacial score (nSPS) is 10.5. The van der Waals surface area contributed by atoms with Gasteiger partial charge in [-0.3, -0.25) is 19.7 Å². The van der Waals surface area contributed by atoms with E-state index in [1.807, 2.05) is 48.5 Å². The zero-order chi connectivity index (χ0) is 19.9. The van der Waals surface area contributed by atoms with E-state index in [-0.39, 0.29) is 5.56 Å². The highest BCUT2D eigenvalue weighted by molar-refractivity contribution is 5.59. The van der Waals surface area contributed by atoms with Gasteiger partial charge in [0.25, 0.3) is 5.56 Å². The lowest BCUT2D eigenvalue weighted by Crippen LogP contribution is -2.12. The Morgan fingerprint density at radius 2 is 1.79 bits per heavy atom. The molecule has 7 heteroatoms. The Morgan fingerprint density at radius 3 is 2.62 bits per heavy atom. The number of nitrogens with zero attached hydrogens (tertiary/aromatic N) is 3. The number of rotatable bonds is 7. The maximum atomic E-state index is 12.0. The fourth-order valence-electron chi connectivity index (χ4n) is 2.79. The average Bonchev–Trinajstić information content (AvgIpc) is 2.78. The molecule has 0 amide bonds. The predicted octanol–water partition coefficient (Wildman–Crippen LogP) is 3.42. The van der Waals surface area contributed by atoms with Crippen LogP contribution in [0.4, 0.5) is 5.95 Å². The molecule has 29 heavy (non-hydrogen) atoms. The Kier molecular flexibility index (Phi) is 5.57. The summed E-state index contributed by atoms with van der Waals surface area (Å²) in [5.41, 5.74) is 3.21. The summed E-state index contributed by atoms with van der Waals surface area (Å²) < 4.78 is 5.83. The molecule has 0 aliphatic rings. The van der Waals surface area contributed by atoms with E-state index >= 15 is 0 Å². The predicted molar refractivity (Wildman–Crippen MR) is 110 cm³/mol. The molecule has 2 N–H and O–H groups in total. The maximum absolute atomic E-state index is 12.0. The van der Waals surface area contributed by atoms with Gasteiger partial charge < -0.3 is 10.1 Å². The average molecular weight is 385 g/mol. The molecule has 0 unspecified atom stereocenters. The van der Waals surface area contributed by atoms with Crippen LogP contribution in [-0.2, 0) is 13.2 Å². The van der Waals surface area contributed by atoms with Crippen molar-refractivity contribution in [2.75, 3.05) is 5.32 Å². The molecule has 0 radical (unpaired) electrons. The van der Waals surface area contributed by atoms with E-state index in [0.717, 1.165) is 22.4 Å². The molecule has 0 bridgehead atoms. The Labute approximate surface area is 167 Å². The number of aromatic nitrogens is 4. The fraction of sp³-hybridized carbons (Fsp3) is 0.0909. The summed E-state index contributed by atoms with van der Waals surface area (Å²) >= 11 is 0. The van der Waals surface area contributed by atoms with Crippen LogP contribution in [0.5, 0.6) is 5.75 Å². The minimum Gasteiger partial charge on any atom is -0.489 e. The molecule has 0 spiro atoms. The summed E-state index contributed by atoms with van der Waals surface area (Å²) in [6, 6.07) is 16.7. The summed E-state index contributed by atoms with van der Waals surface area (Å²) in [6.07, 6.45) is 6.85. The topological polar surface area (TPSA) is 92.8 Å². The van der Waals surface area contributed by atoms with Crippen LogP contribution < -0.4 is 15.6 Å². The van der Waals surface area contributed by atoms with Gasteiger partial charge >= 0.3 is 0 Å². The summed E-state index contributed by atoms with van der Waals surface area (Å²) in [5, 5.41) is 3.17. The van der Waals surface area contributed by atoms with Crippen LogP contribution in [0.3, 0.4) is 0 Å². The third kappa shape index (κ3) is 5.04. The molecule has 1 aromatic carbocycles. The third-order valence-electron chi connectivity index (χ3n) is 4.20. The van der Waals surface area contributed by atoms with E-state index < -0.39 is 0 Å². The molecular formula is C22H19N5O2. The summed E-state index contributed by atoms with van der Waals surface area (Å²) in [6.45, 7) is 0.945. The van der Waals surface area contributed by atoms with Crippen LogP contribution in [0.2, 0.25) is 0 Å². The number of aromatic amines is 1. The molecule has 0 atom stereocenters. The summed E-state index contributed by atoms with van der Waals surface area (Å²) in [5.74, 6) is 1.17. The second kappa shape index (κ2) is 8.79. The van der Waals surface area contributed by atoms with Crippen molar-refractivity contribution in [3.05, 3.63) is 101 Å². The highest BCUT2D eigenvalue weighted by Gasteiger charge is 2.05. The van der Waals surface area contributed by atoms with E-state index in [1.165, 1.54) is 6.07 Å². The van der Waals surface area contributed by atoms with Crippen molar-refractivity contribution in [3.8, 4) is 17.0 Å². The van der Waals surface area contributed by atoms with Crippen LogP contribution in [0.1, 0.15) is 11.1 Å². The molecular weight excluding hydrogens is 366 g/mol. The zero-order valence-electron chi connectivity index (χ0n) is 15.6. The largest absolute Gasteiger partial charge is 0.489 e. The number of H-pyrrole nitrogens is 1. The van der Waals surface area contributed by atoms with E-state index in [0.29, 0.717) is 24.8 Å². The van der Waals surface area contributed by atoms with Gasteiger partial charge in [0.05, 0.1) is 5.69 Å². The standard InChI is InChI=1S/C22H19N5O2/c28-21-12-20(18-6-9-23-10-7-18)26-22(27-21)25-14-16-3-1-5-19(11-16)29-15-17-4-2-8-24-13-17/h1-13H,14-15H2,(H2,25,26,27,28). The number of hydrogen-bond acceptors (Lipinski definition) is 6. The Hall–Kier alpha value is -4.00. The highest BCUT2D eigenvalue weighted by Crippen LogP contribution is 2.17. The van der Waals surface area contributed by atoms with Crippen LogP contribution >= 0.6 is 0 Å². The quantitative estimate of drug-likeness (QED) is 0.506. The first-order chi connectivity index (χ1) is 14.3. The molecule has 0 aliphatic carbocycles. The lowest BCUT2D eigenvalue weighted by Gasteiger charge is -2.10. The molecule has 0 saturated heterocycles. The van der Waals surface area contributed by atoms with Crippen molar-refractivity contribution in [2.45, 2.75) is 13.2 Å². The van der Waals surface area contributed by atoms with Gasteiger partial charge in [0.1, 0.15) is 12.4 Å². The first-order valence-electron chi connectivity index (χ1n) is 9.12. The Bertz CT molecular complexity index is 1130. The number of anilines is 1. The van der Waals surface area contributed by atoms with Gasteiger partial charge in [-0.25, -0.2) is 4.98 Å². The van der Waals surface area contributed by atoms with Gasteiger partial charge in [0, 0.05) is 48.5 Å². The van der Waals surface area contributed by atoms with Crippen molar-refractivity contribution in [3.63, 3.8) is 0 Å². The summed E-state index contributed by atoms with van der Waals surface area (Å²) in [7, 11) is 0. The molecule has 7 nitrogen and oxygen atoms in total. The van der Waals surface area contributed by atoms with Crippen molar-refractivity contribution in [1.82, 2.24) is 19.9 Å².